The van der Waals surface area contributed by atoms with Gasteiger partial charge in [-0.3, -0.25) is 4.98 Å². The Labute approximate surface area is 214 Å². The number of unbranched alkanes of at least 4 members (excludes halogenated alkanes) is 8. The number of aromatic nitrogens is 1. The molecule has 0 spiro atoms. The van der Waals surface area contributed by atoms with Gasteiger partial charge in [0.1, 0.15) is 5.75 Å². The van der Waals surface area contributed by atoms with E-state index in [2.05, 4.69) is 85.7 Å². The van der Waals surface area contributed by atoms with Gasteiger partial charge in [0.15, 0.2) is 0 Å². The van der Waals surface area contributed by atoms with Crippen molar-refractivity contribution in [3.8, 4) is 16.9 Å². The van der Waals surface area contributed by atoms with Gasteiger partial charge in [-0.25, -0.2) is 0 Å². The van der Waals surface area contributed by atoms with Crippen LogP contribution in [0.15, 0.2) is 66.9 Å². The molecule has 35 heavy (non-hydrogen) atoms. The number of aryl methyl sites for hydroxylation is 3. The first-order valence-electron chi connectivity index (χ1n) is 14.0. The smallest absolute Gasteiger partial charge is 0.119 e. The molecule has 0 aliphatic rings. The first-order chi connectivity index (χ1) is 17.3. The Morgan fingerprint density at radius 3 is 1.77 bits per heavy atom. The van der Waals surface area contributed by atoms with Gasteiger partial charge < -0.3 is 4.74 Å². The van der Waals surface area contributed by atoms with E-state index in [4.69, 9.17) is 4.74 Å². The largest absolute Gasteiger partial charge is 0.494 e. The molecule has 0 radical (unpaired) electrons. The number of rotatable bonds is 17. The summed E-state index contributed by atoms with van der Waals surface area (Å²) in [6.07, 6.45) is 18.2. The van der Waals surface area contributed by atoms with Gasteiger partial charge in [0, 0.05) is 11.9 Å². The third-order valence-corrected chi connectivity index (χ3v) is 6.78. The summed E-state index contributed by atoms with van der Waals surface area (Å²) in [6, 6.07) is 22.0. The SMILES string of the molecule is CCCCCCCCOc1ccc(-c2ccc(CCc3ccc(CCCCCC)nc3)cc2)cc1. The average Bonchev–Trinajstić information content (AvgIpc) is 2.91. The van der Waals surface area contributed by atoms with Gasteiger partial charge >= 0.3 is 0 Å². The molecule has 0 unspecified atom stereocenters. The molecule has 0 bridgehead atoms. The van der Waals surface area contributed by atoms with E-state index in [0.29, 0.717) is 0 Å². The lowest BCUT2D eigenvalue weighted by atomic mass is 10.0. The van der Waals surface area contributed by atoms with E-state index in [9.17, 15) is 0 Å². The van der Waals surface area contributed by atoms with Crippen LogP contribution in [0.25, 0.3) is 11.1 Å². The van der Waals surface area contributed by atoms with Crippen LogP contribution in [0.2, 0.25) is 0 Å². The highest BCUT2D eigenvalue weighted by atomic mass is 16.5. The number of nitrogens with zero attached hydrogens (tertiary/aromatic N) is 1. The second-order valence-electron chi connectivity index (χ2n) is 9.81. The van der Waals surface area contributed by atoms with Crippen LogP contribution in [0, 0.1) is 0 Å². The van der Waals surface area contributed by atoms with Crippen LogP contribution in [0.4, 0.5) is 0 Å². The highest BCUT2D eigenvalue weighted by Gasteiger charge is 2.02. The fourth-order valence-electron chi connectivity index (χ4n) is 4.45. The summed E-state index contributed by atoms with van der Waals surface area (Å²) in [6.45, 7) is 5.33. The minimum absolute atomic E-state index is 0.817. The predicted octanol–water partition coefficient (Wildman–Crippen LogP) is 9.40. The van der Waals surface area contributed by atoms with Gasteiger partial charge in [-0.2, -0.15) is 0 Å². The second-order valence-corrected chi connectivity index (χ2v) is 9.81. The summed E-state index contributed by atoms with van der Waals surface area (Å²) in [5.41, 5.74) is 6.42. The maximum Gasteiger partial charge on any atom is 0.119 e. The van der Waals surface area contributed by atoms with E-state index in [1.54, 1.807) is 0 Å². The molecule has 1 aromatic heterocycles. The van der Waals surface area contributed by atoms with Crippen LogP contribution >= 0.6 is 0 Å². The number of ether oxygens (including phenoxy) is 1. The van der Waals surface area contributed by atoms with E-state index in [1.165, 1.54) is 85.7 Å². The van der Waals surface area contributed by atoms with Crippen LogP contribution in [0.1, 0.15) is 94.9 Å². The zero-order chi connectivity index (χ0) is 24.6. The van der Waals surface area contributed by atoms with Crippen LogP contribution in [-0.4, -0.2) is 11.6 Å². The third kappa shape index (κ3) is 10.3. The molecule has 0 N–H and O–H groups in total. The molecule has 0 saturated carbocycles. The number of hydrogen-bond acceptors (Lipinski definition) is 2. The van der Waals surface area contributed by atoms with Gasteiger partial charge in [0.2, 0.25) is 0 Å². The maximum absolute atomic E-state index is 5.93. The third-order valence-electron chi connectivity index (χ3n) is 6.78. The lowest BCUT2D eigenvalue weighted by Crippen LogP contribution is -1.97. The zero-order valence-electron chi connectivity index (χ0n) is 22.1. The average molecular weight is 472 g/mol. The quantitative estimate of drug-likeness (QED) is 0.183. The zero-order valence-corrected chi connectivity index (χ0v) is 22.1. The molecule has 2 nitrogen and oxygen atoms in total. The van der Waals surface area contributed by atoms with Crippen LogP contribution < -0.4 is 4.74 Å². The molecular weight excluding hydrogens is 426 g/mol. The lowest BCUT2D eigenvalue weighted by molar-refractivity contribution is 0.304. The van der Waals surface area contributed by atoms with Crippen molar-refractivity contribution in [3.05, 3.63) is 83.7 Å². The van der Waals surface area contributed by atoms with E-state index < -0.39 is 0 Å². The van der Waals surface area contributed by atoms with E-state index in [0.717, 1.165) is 38.0 Å². The summed E-state index contributed by atoms with van der Waals surface area (Å²) in [7, 11) is 0. The molecule has 2 aromatic carbocycles. The highest BCUT2D eigenvalue weighted by molar-refractivity contribution is 5.64. The minimum Gasteiger partial charge on any atom is -0.494 e. The minimum atomic E-state index is 0.817. The van der Waals surface area contributed by atoms with Crippen LogP contribution in [-0.2, 0) is 19.3 Å². The molecule has 0 saturated heterocycles. The molecule has 3 aromatic rings. The van der Waals surface area contributed by atoms with Crippen molar-refractivity contribution < 1.29 is 4.74 Å². The summed E-state index contributed by atoms with van der Waals surface area (Å²) in [4.78, 5) is 4.68. The molecular formula is C33H45NO. The van der Waals surface area contributed by atoms with Crippen molar-refractivity contribution in [1.29, 1.82) is 0 Å². The van der Waals surface area contributed by atoms with Gasteiger partial charge in [0.05, 0.1) is 6.61 Å². The molecule has 0 aliphatic heterocycles. The monoisotopic (exact) mass is 471 g/mol. The fraction of sp³-hybridized carbons (Fsp3) is 0.485. The molecule has 3 rings (SSSR count). The van der Waals surface area contributed by atoms with Crippen molar-refractivity contribution >= 4 is 0 Å². The van der Waals surface area contributed by atoms with Crippen molar-refractivity contribution in [1.82, 2.24) is 4.98 Å². The molecule has 0 aliphatic carbocycles. The first-order valence-corrected chi connectivity index (χ1v) is 14.0. The van der Waals surface area contributed by atoms with Crippen molar-refractivity contribution in [2.75, 3.05) is 6.61 Å². The van der Waals surface area contributed by atoms with Crippen molar-refractivity contribution in [3.63, 3.8) is 0 Å². The summed E-state index contributed by atoms with van der Waals surface area (Å²) in [5, 5.41) is 0. The molecule has 0 atom stereocenters. The molecule has 1 heterocycles. The lowest BCUT2D eigenvalue weighted by Gasteiger charge is -2.08. The number of hydrogen-bond donors (Lipinski definition) is 0. The topological polar surface area (TPSA) is 22.1 Å². The van der Waals surface area contributed by atoms with Gasteiger partial charge in [-0.1, -0.05) is 108 Å². The molecule has 2 heteroatoms. The van der Waals surface area contributed by atoms with Gasteiger partial charge in [-0.05, 0) is 72.6 Å². The predicted molar refractivity (Wildman–Crippen MR) is 150 cm³/mol. The van der Waals surface area contributed by atoms with E-state index >= 15 is 0 Å². The highest BCUT2D eigenvalue weighted by Crippen LogP contribution is 2.23. The number of benzene rings is 2. The fourth-order valence-corrected chi connectivity index (χ4v) is 4.45. The van der Waals surface area contributed by atoms with Crippen molar-refractivity contribution in [2.24, 2.45) is 0 Å². The van der Waals surface area contributed by atoms with Crippen LogP contribution in [0.3, 0.4) is 0 Å². The number of pyridine rings is 1. The molecule has 0 fully saturated rings. The summed E-state index contributed by atoms with van der Waals surface area (Å²) >= 11 is 0. The second kappa shape index (κ2) is 16.1. The Morgan fingerprint density at radius 2 is 1.11 bits per heavy atom. The Kier molecular flexibility index (Phi) is 12.4. The summed E-state index contributed by atoms with van der Waals surface area (Å²) in [5.74, 6) is 0.972. The van der Waals surface area contributed by atoms with E-state index in [-0.39, 0.29) is 0 Å². The standard InChI is InChI=1S/C33H45NO/c1-3-5-7-9-10-12-26-35-33-24-21-31(22-25-33)30-19-16-28(17-20-30)14-15-29-18-23-32(34-27-29)13-11-8-6-4-2/h16-25,27H,3-15,26H2,1-2H3. The van der Waals surface area contributed by atoms with Gasteiger partial charge in [-0.15, -0.1) is 0 Å². The van der Waals surface area contributed by atoms with Crippen LogP contribution in [0.5, 0.6) is 5.75 Å². The Balaban J connectivity index is 1.39. The van der Waals surface area contributed by atoms with E-state index in [1.807, 2.05) is 0 Å². The molecule has 0 amide bonds. The Morgan fingerprint density at radius 1 is 0.543 bits per heavy atom. The summed E-state index contributed by atoms with van der Waals surface area (Å²) < 4.78 is 5.93. The normalized spacial score (nSPS) is 11.0. The van der Waals surface area contributed by atoms with Gasteiger partial charge in [0.25, 0.3) is 0 Å². The Hall–Kier alpha value is -2.61. The first kappa shape index (κ1) is 27.0. The Bertz CT molecular complexity index is 928. The maximum atomic E-state index is 5.93. The molecule has 188 valence electrons. The van der Waals surface area contributed by atoms with Crippen molar-refractivity contribution in [2.45, 2.75) is 97.3 Å².